The van der Waals surface area contributed by atoms with Crippen LogP contribution < -0.4 is 0 Å². The minimum atomic E-state index is -1.41. The van der Waals surface area contributed by atoms with E-state index in [2.05, 4.69) is 26.8 Å². The van der Waals surface area contributed by atoms with Crippen LogP contribution in [0.2, 0.25) is 0 Å². The summed E-state index contributed by atoms with van der Waals surface area (Å²) < 4.78 is 8.07. The third kappa shape index (κ3) is 6.39. The second kappa shape index (κ2) is 9.98. The molecule has 0 rings (SSSR count). The Morgan fingerprint density at radius 1 is 1.00 bits per heavy atom. The molecule has 0 radical (unpaired) electrons. The lowest BCUT2D eigenvalue weighted by Crippen LogP contribution is -2.03. The van der Waals surface area contributed by atoms with Crippen LogP contribution >= 0.6 is 6.89 Å². The summed E-state index contributed by atoms with van der Waals surface area (Å²) in [7, 11) is 0. The van der Waals surface area contributed by atoms with Gasteiger partial charge in [0.1, 0.15) is 0 Å². The molecule has 0 N–H and O–H groups in total. The molecule has 1 nitrogen and oxygen atoms in total. The Labute approximate surface area is 104 Å². The van der Waals surface area contributed by atoms with Crippen LogP contribution in [0.3, 0.4) is 0 Å². The fourth-order valence-corrected chi connectivity index (χ4v) is 5.97. The molecule has 0 aromatic heterocycles. The fourth-order valence-electron chi connectivity index (χ4n) is 1.99. The fraction of sp³-hybridized carbons (Fsp3) is 0.857. The molecule has 0 bridgehead atoms. The zero-order valence-electron chi connectivity index (χ0n) is 12.3. The van der Waals surface area contributed by atoms with Gasteiger partial charge in [0.15, 0.2) is 0 Å². The van der Waals surface area contributed by atoms with Crippen molar-refractivity contribution in [1.29, 1.82) is 5.26 Å². The van der Waals surface area contributed by atoms with Crippen LogP contribution in [0.15, 0.2) is 0 Å². The molecular weight excluding hydrogens is 213 g/mol. The summed E-state index contributed by atoms with van der Waals surface area (Å²) in [5, 5.41) is 9.12. The van der Waals surface area contributed by atoms with Gasteiger partial charge in [-0.25, -0.2) is 0 Å². The zero-order valence-corrected chi connectivity index (χ0v) is 12.2. The molecule has 0 saturated heterocycles. The summed E-state index contributed by atoms with van der Waals surface area (Å²) in [6.07, 6.45) is 10.5. The number of nitriles is 1. The smallest absolute Gasteiger partial charge is 0.0913 e. The number of hydrogen-bond donors (Lipinski definition) is 0. The molecule has 0 aromatic carbocycles. The number of nitrogens with zero attached hydrogens (tertiary/aromatic N) is 1. The van der Waals surface area contributed by atoms with Gasteiger partial charge in [-0.1, -0.05) is 46.9 Å². The van der Waals surface area contributed by atoms with Gasteiger partial charge >= 0.3 is 0 Å². The molecule has 16 heavy (non-hydrogen) atoms. The molecule has 0 aliphatic rings. The minimum Gasteiger partial charge on any atom is -0.193 e. The monoisotopic (exact) mass is 242 g/mol. The molecular formula is C14H28NP. The summed E-state index contributed by atoms with van der Waals surface area (Å²) in [4.78, 5) is 0. The molecule has 0 amide bonds. The molecule has 0 spiro atoms. The lowest BCUT2D eigenvalue weighted by atomic mass is 10.4. The van der Waals surface area contributed by atoms with E-state index in [1.54, 1.807) is 0 Å². The van der Waals surface area contributed by atoms with E-state index in [0.29, 0.717) is 5.77 Å². The molecule has 2 heteroatoms. The van der Waals surface area contributed by atoms with Gasteiger partial charge in [0.2, 0.25) is 0 Å². The first-order chi connectivity index (χ1) is 8.16. The van der Waals surface area contributed by atoms with Gasteiger partial charge in [-0.15, -0.1) is 0 Å². The van der Waals surface area contributed by atoms with Crippen molar-refractivity contribution in [3.63, 3.8) is 0 Å². The average Bonchev–Trinajstić information content (AvgIpc) is 2.37. The maximum absolute atomic E-state index is 9.12. The summed E-state index contributed by atoms with van der Waals surface area (Å²) in [6, 6.07) is 2.17. The highest BCUT2D eigenvalue weighted by molar-refractivity contribution is 7.75. The van der Waals surface area contributed by atoms with Crippen molar-refractivity contribution < 1.29 is 1.37 Å². The molecule has 0 unspecified atom stereocenters. The van der Waals surface area contributed by atoms with Crippen molar-refractivity contribution in [3.05, 3.63) is 0 Å². The summed E-state index contributed by atoms with van der Waals surface area (Å²) in [5.74, 6) is 0.438. The Bertz CT molecular complexity index is 263. The summed E-state index contributed by atoms with van der Waals surface area (Å²) >= 11 is 0. The normalized spacial score (nSPS) is 12.0. The zero-order chi connectivity index (χ0) is 13.1. The van der Waals surface area contributed by atoms with Crippen molar-refractivity contribution in [2.24, 2.45) is 0 Å². The maximum atomic E-state index is 9.12. The number of hydrogen-bond acceptors (Lipinski definition) is 1. The first-order valence-electron chi connectivity index (χ1n) is 7.27. The average molecular weight is 242 g/mol. The van der Waals surface area contributed by atoms with E-state index in [-0.39, 0.29) is 0 Å². The predicted octanol–water partition coefficient (Wildman–Crippen LogP) is 4.73. The van der Waals surface area contributed by atoms with Crippen LogP contribution in [0.5, 0.6) is 0 Å². The summed E-state index contributed by atoms with van der Waals surface area (Å²) in [5.41, 5.74) is 0. The molecule has 0 heterocycles. The van der Waals surface area contributed by atoms with Crippen LogP contribution in [0.25, 0.3) is 0 Å². The lowest BCUT2D eigenvalue weighted by molar-refractivity contribution is 0.845. The second-order valence-corrected chi connectivity index (χ2v) is 8.46. The maximum Gasteiger partial charge on any atom is 0.0913 e. The van der Waals surface area contributed by atoms with Crippen molar-refractivity contribution in [2.45, 2.75) is 59.3 Å². The highest BCUT2D eigenvalue weighted by atomic mass is 31.2. The first kappa shape index (κ1) is 13.9. The SMILES string of the molecule is [2H]C(C#N)=P(CCCC)(CCCC)CCCC. The van der Waals surface area contributed by atoms with Crippen LogP contribution in [0, 0.1) is 11.3 Å². The molecule has 0 atom stereocenters. The van der Waals surface area contributed by atoms with Crippen LogP contribution in [0.4, 0.5) is 0 Å². The predicted molar refractivity (Wildman–Crippen MR) is 77.9 cm³/mol. The quantitative estimate of drug-likeness (QED) is 0.536. The third-order valence-corrected chi connectivity index (χ3v) is 7.20. The largest absolute Gasteiger partial charge is 0.193 e. The molecule has 0 saturated carbocycles. The van der Waals surface area contributed by atoms with Gasteiger partial charge in [0.05, 0.1) is 7.44 Å². The van der Waals surface area contributed by atoms with E-state index in [9.17, 15) is 0 Å². The van der Waals surface area contributed by atoms with Crippen molar-refractivity contribution in [2.75, 3.05) is 18.5 Å². The van der Waals surface area contributed by atoms with Crippen LogP contribution in [-0.4, -0.2) is 24.3 Å². The van der Waals surface area contributed by atoms with E-state index < -0.39 is 6.89 Å². The van der Waals surface area contributed by atoms with Crippen molar-refractivity contribution in [3.8, 4) is 6.07 Å². The van der Waals surface area contributed by atoms with E-state index in [1.807, 2.05) is 0 Å². The van der Waals surface area contributed by atoms with Crippen LogP contribution in [0.1, 0.15) is 60.7 Å². The highest BCUT2D eigenvalue weighted by Crippen LogP contribution is 2.49. The molecule has 0 aromatic rings. The van der Waals surface area contributed by atoms with E-state index in [4.69, 9.17) is 6.63 Å². The van der Waals surface area contributed by atoms with Crippen molar-refractivity contribution >= 4 is 12.7 Å². The van der Waals surface area contributed by atoms with Crippen molar-refractivity contribution in [1.82, 2.24) is 0 Å². The van der Waals surface area contributed by atoms with E-state index in [1.165, 1.54) is 38.5 Å². The topological polar surface area (TPSA) is 23.8 Å². The molecule has 0 fully saturated rings. The Hall–Kier alpha value is -0.210. The van der Waals surface area contributed by atoms with E-state index >= 15 is 0 Å². The minimum absolute atomic E-state index is 0.438. The van der Waals surface area contributed by atoms with Gasteiger partial charge in [-0.2, -0.15) is 5.26 Å². The Morgan fingerprint density at radius 3 is 1.62 bits per heavy atom. The van der Waals surface area contributed by atoms with Gasteiger partial charge in [-0.3, -0.25) is 0 Å². The third-order valence-electron chi connectivity index (χ3n) is 3.11. The molecule has 94 valence electrons. The second-order valence-electron chi connectivity index (χ2n) is 4.60. The molecule has 0 aliphatic heterocycles. The standard InChI is InChI=1S/C14H28NP/c1-4-7-11-16(14-10-15,12-8-5-2)13-9-6-3/h14H,4-9,11-13H2,1-3H3/i14D. The van der Waals surface area contributed by atoms with Crippen LogP contribution in [-0.2, 0) is 0 Å². The lowest BCUT2D eigenvalue weighted by Gasteiger charge is -2.25. The van der Waals surface area contributed by atoms with Gasteiger partial charge in [0, 0.05) is 5.77 Å². The molecule has 0 aliphatic carbocycles. The highest BCUT2D eigenvalue weighted by Gasteiger charge is 2.15. The Balaban J connectivity index is 5.01. The Kier molecular flexibility index (Phi) is 8.64. The first-order valence-corrected chi connectivity index (χ1v) is 9.11. The number of rotatable bonds is 9. The summed E-state index contributed by atoms with van der Waals surface area (Å²) in [6.45, 7) is 5.18. The Morgan fingerprint density at radius 2 is 1.38 bits per heavy atom. The number of unbranched alkanes of at least 4 members (excludes halogenated alkanes) is 3. The van der Waals surface area contributed by atoms with Gasteiger partial charge < -0.3 is 0 Å². The van der Waals surface area contributed by atoms with Gasteiger partial charge in [0.25, 0.3) is 0 Å². The van der Waals surface area contributed by atoms with Gasteiger partial charge in [-0.05, 0) is 37.7 Å². The van der Waals surface area contributed by atoms with E-state index in [0.717, 1.165) is 18.5 Å².